The Labute approximate surface area is 447 Å². The second-order valence-corrected chi connectivity index (χ2v) is 19.2. The van der Waals surface area contributed by atoms with Gasteiger partial charge >= 0.3 is 11.3 Å². The lowest BCUT2D eigenvalue weighted by atomic mass is 10.1. The van der Waals surface area contributed by atoms with Crippen molar-refractivity contribution in [1.29, 1.82) is 10.5 Å². The lowest BCUT2D eigenvalue weighted by Gasteiger charge is -2.11. The van der Waals surface area contributed by atoms with Crippen molar-refractivity contribution in [2.45, 2.75) is 0 Å². The molecule has 6 heterocycles. The van der Waals surface area contributed by atoms with E-state index in [-0.39, 0.29) is 16.7 Å². The maximum Gasteiger partial charge on any atom is 0.354 e. The summed E-state index contributed by atoms with van der Waals surface area (Å²) in [6.45, 7) is 0. The first-order valence-corrected chi connectivity index (χ1v) is 25.4. The third kappa shape index (κ3) is 7.69. The van der Waals surface area contributed by atoms with E-state index in [1.807, 2.05) is 30.3 Å². The summed E-state index contributed by atoms with van der Waals surface area (Å²) in [6.07, 6.45) is 0. The van der Waals surface area contributed by atoms with E-state index < -0.39 is 17.1 Å². The number of H-pyrrole nitrogens is 1. The number of benzene rings is 10. The smallest absolute Gasteiger partial charge is 0.354 e. The number of rotatable bonds is 3. The van der Waals surface area contributed by atoms with Crippen LogP contribution in [0.3, 0.4) is 0 Å². The minimum Gasteiger partial charge on any atom is -0.422 e. The molecule has 10 aromatic carbocycles. The Kier molecular flexibility index (Phi) is 10.9. The third-order valence-corrected chi connectivity index (χ3v) is 14.7. The average Bonchev–Trinajstić information content (AvgIpc) is 4.39. The molecule has 16 rings (SSSR count). The van der Waals surface area contributed by atoms with Crippen LogP contribution in [0.1, 0.15) is 11.1 Å². The second-order valence-electron chi connectivity index (χ2n) is 19.2. The summed E-state index contributed by atoms with van der Waals surface area (Å²) in [6, 6.07) is 80.5. The van der Waals surface area contributed by atoms with Gasteiger partial charge in [0.2, 0.25) is 0 Å². The average molecular weight is 1020 g/mol. The van der Waals surface area contributed by atoms with Crippen LogP contribution in [0.15, 0.2) is 249 Å². The van der Waals surface area contributed by atoms with E-state index in [0.717, 1.165) is 39.2 Å². The van der Waals surface area contributed by atoms with E-state index in [1.54, 1.807) is 12.1 Å². The van der Waals surface area contributed by atoms with Crippen LogP contribution >= 0.6 is 0 Å². The number of nitrogens with one attached hydrogen (secondary N) is 1. The fraction of sp³-hybridized carbons (Fsp3) is 0. The van der Waals surface area contributed by atoms with Crippen LogP contribution in [-0.4, -0.2) is 18.7 Å². The molecule has 0 bridgehead atoms. The highest BCUT2D eigenvalue weighted by molar-refractivity contribution is 6.13. The first kappa shape index (κ1) is 46.3. The zero-order valence-electron chi connectivity index (χ0n) is 41.7. The minimum absolute atomic E-state index is 0.00435. The molecule has 79 heavy (non-hydrogen) atoms. The van der Waals surface area contributed by atoms with Gasteiger partial charge in [0.1, 0.15) is 40.2 Å². The standard InChI is InChI=1S/C34H19N3O2.C24H16N2.C10H4FNO2/c35-20-22-17-21-13-14-24(19-33(21)39-34(22)38)37-31-12-6-3-9-27(31)28-18-23(15-16-32(28)37)36-29-10-4-1-7-25(29)26-8-2-5-11-30(26)36;1-4-10-21-17(7-1)20-15-16(13-14-22(20)25-21)26-23-11-5-2-8-18(23)19-9-3-6-12-24(19)26;11-8-2-1-6-3-7(5-12)10(13)14-9(6)4-8/h1-19H;1-15,25H;1-4H. The predicted molar refractivity (Wildman–Crippen MR) is 313 cm³/mol. The van der Waals surface area contributed by atoms with Gasteiger partial charge in [-0.05, 0) is 109 Å². The Bertz CT molecular complexity index is 5280. The number of halogens is 1. The van der Waals surface area contributed by atoms with E-state index in [4.69, 9.17) is 14.1 Å². The van der Waals surface area contributed by atoms with Gasteiger partial charge in [0, 0.05) is 94.1 Å². The van der Waals surface area contributed by atoms with Crippen molar-refractivity contribution < 1.29 is 13.2 Å². The Morgan fingerprint density at radius 1 is 0.354 bits per heavy atom. The van der Waals surface area contributed by atoms with Crippen LogP contribution in [0.2, 0.25) is 0 Å². The number of nitrogens with zero attached hydrogens (tertiary/aromatic N) is 5. The first-order chi connectivity index (χ1) is 38.8. The van der Waals surface area contributed by atoms with Gasteiger partial charge in [0.15, 0.2) is 0 Å². The molecule has 0 saturated heterocycles. The highest BCUT2D eigenvalue weighted by Crippen LogP contribution is 2.38. The summed E-state index contributed by atoms with van der Waals surface area (Å²) in [5, 5.41) is 28.8. The lowest BCUT2D eigenvalue weighted by Crippen LogP contribution is -2.03. The molecule has 6 aromatic heterocycles. The molecule has 372 valence electrons. The van der Waals surface area contributed by atoms with Gasteiger partial charge in [-0.2, -0.15) is 10.5 Å². The van der Waals surface area contributed by atoms with E-state index in [0.29, 0.717) is 16.4 Å². The molecule has 0 saturated carbocycles. The molecular weight excluding hydrogens is 984 g/mol. The monoisotopic (exact) mass is 1020 g/mol. The quantitative estimate of drug-likeness (QED) is 0.175. The highest BCUT2D eigenvalue weighted by Gasteiger charge is 2.18. The van der Waals surface area contributed by atoms with Crippen molar-refractivity contribution in [2.75, 3.05) is 0 Å². The number of para-hydroxylation sites is 6. The molecule has 0 aliphatic heterocycles. The van der Waals surface area contributed by atoms with E-state index in [2.05, 4.69) is 195 Å². The molecule has 0 spiro atoms. The molecular formula is C68H39FN6O4. The van der Waals surface area contributed by atoms with Crippen LogP contribution in [0.5, 0.6) is 0 Å². The van der Waals surface area contributed by atoms with E-state index >= 15 is 0 Å². The van der Waals surface area contributed by atoms with Gasteiger partial charge in [0.05, 0.1) is 33.1 Å². The van der Waals surface area contributed by atoms with Crippen molar-refractivity contribution in [3.63, 3.8) is 0 Å². The first-order valence-electron chi connectivity index (χ1n) is 25.4. The van der Waals surface area contributed by atoms with Crippen LogP contribution in [0.25, 0.3) is 126 Å². The summed E-state index contributed by atoms with van der Waals surface area (Å²) < 4.78 is 29.9. The fourth-order valence-corrected chi connectivity index (χ4v) is 11.2. The summed E-state index contributed by atoms with van der Waals surface area (Å²) >= 11 is 0. The van der Waals surface area contributed by atoms with Gasteiger partial charge in [-0.15, -0.1) is 0 Å². The topological polar surface area (TPSA) is 139 Å². The number of aromatic amines is 1. The van der Waals surface area contributed by atoms with Crippen LogP contribution in [0.4, 0.5) is 4.39 Å². The van der Waals surface area contributed by atoms with Gasteiger partial charge in [-0.3, -0.25) is 0 Å². The zero-order valence-corrected chi connectivity index (χ0v) is 41.7. The summed E-state index contributed by atoms with van der Waals surface area (Å²) in [5.41, 5.74) is 11.6. The Morgan fingerprint density at radius 2 is 0.722 bits per heavy atom. The molecule has 11 heteroatoms. The summed E-state index contributed by atoms with van der Waals surface area (Å²) in [7, 11) is 0. The van der Waals surface area contributed by atoms with Crippen LogP contribution in [-0.2, 0) is 0 Å². The second kappa shape index (κ2) is 18.5. The van der Waals surface area contributed by atoms with Gasteiger partial charge in [-0.1, -0.05) is 109 Å². The molecule has 0 radical (unpaired) electrons. The Morgan fingerprint density at radius 3 is 1.23 bits per heavy atom. The van der Waals surface area contributed by atoms with E-state index in [9.17, 15) is 19.2 Å². The molecule has 0 aliphatic carbocycles. The maximum absolute atomic E-state index is 12.7. The Balaban J connectivity index is 0.000000121. The molecule has 0 fully saturated rings. The van der Waals surface area contributed by atoms with Crippen LogP contribution < -0.4 is 11.3 Å². The molecule has 0 unspecified atom stereocenters. The molecule has 1 N–H and O–H groups in total. The lowest BCUT2D eigenvalue weighted by molar-refractivity contribution is 0.552. The maximum atomic E-state index is 12.7. The van der Waals surface area contributed by atoms with Crippen molar-refractivity contribution in [3.8, 4) is 29.2 Å². The molecule has 16 aromatic rings. The fourth-order valence-electron chi connectivity index (χ4n) is 11.2. The summed E-state index contributed by atoms with van der Waals surface area (Å²) in [4.78, 5) is 26.8. The van der Waals surface area contributed by atoms with Gasteiger partial charge in [-0.25, -0.2) is 14.0 Å². The number of hydrogen-bond donors (Lipinski definition) is 1. The van der Waals surface area contributed by atoms with Crippen molar-refractivity contribution >= 4 is 109 Å². The number of fused-ring (bicyclic) bond motifs is 14. The van der Waals surface area contributed by atoms with E-state index in [1.165, 1.54) is 89.3 Å². The summed E-state index contributed by atoms with van der Waals surface area (Å²) in [5.74, 6) is -0.481. The number of hydrogen-bond acceptors (Lipinski definition) is 6. The largest absolute Gasteiger partial charge is 0.422 e. The normalized spacial score (nSPS) is 11.4. The third-order valence-electron chi connectivity index (χ3n) is 14.7. The van der Waals surface area contributed by atoms with Crippen molar-refractivity contribution in [2.24, 2.45) is 0 Å². The SMILES string of the molecule is N#Cc1cc2ccc(-n3c4ccccc4c4cc(-n5c6ccccc6c6ccccc65)ccc43)cc2oc1=O.N#Cc1cc2ccc(F)cc2oc1=O.c1ccc2c(c1)[nH]c1ccc(-n3c4ccccc4c4ccccc43)cc12. The number of nitriles is 2. The number of aromatic nitrogens is 4. The minimum atomic E-state index is -0.745. The highest BCUT2D eigenvalue weighted by atomic mass is 19.1. The van der Waals surface area contributed by atoms with Gasteiger partial charge in [0.25, 0.3) is 0 Å². The molecule has 0 aliphatic rings. The molecule has 10 nitrogen and oxygen atoms in total. The zero-order chi connectivity index (χ0) is 53.3. The molecule has 0 amide bonds. The van der Waals surface area contributed by atoms with Crippen molar-refractivity contribution in [1.82, 2.24) is 18.7 Å². The Hall–Kier alpha value is -11.3. The van der Waals surface area contributed by atoms with Crippen LogP contribution in [0, 0.1) is 28.5 Å². The van der Waals surface area contributed by atoms with Gasteiger partial charge < -0.3 is 27.5 Å². The van der Waals surface area contributed by atoms with Crippen molar-refractivity contribution in [3.05, 3.63) is 268 Å². The predicted octanol–water partition coefficient (Wildman–Crippen LogP) is 16.1. The molecule has 0 atom stereocenters.